The average Bonchev–Trinajstić information content (AvgIpc) is 2.94. The van der Waals surface area contributed by atoms with E-state index in [0.29, 0.717) is 21.9 Å². The number of aromatic amines is 1. The van der Waals surface area contributed by atoms with Gasteiger partial charge in [0.05, 0.1) is 6.21 Å². The van der Waals surface area contributed by atoms with E-state index in [9.17, 15) is 9.18 Å². The van der Waals surface area contributed by atoms with E-state index < -0.39 is 5.82 Å². The van der Waals surface area contributed by atoms with Crippen molar-refractivity contribution in [2.24, 2.45) is 5.10 Å². The van der Waals surface area contributed by atoms with Crippen LogP contribution in [0.15, 0.2) is 52.4 Å². The van der Waals surface area contributed by atoms with Gasteiger partial charge in [-0.05, 0) is 31.2 Å². The molecular formula is C18H12ClFN4O. The van der Waals surface area contributed by atoms with E-state index >= 15 is 0 Å². The van der Waals surface area contributed by atoms with Crippen molar-refractivity contribution in [1.82, 2.24) is 14.6 Å². The van der Waals surface area contributed by atoms with Crippen LogP contribution >= 0.6 is 11.6 Å². The average molecular weight is 355 g/mol. The lowest BCUT2D eigenvalue weighted by Gasteiger charge is -2.03. The second kappa shape index (κ2) is 5.82. The Balaban J connectivity index is 1.92. The van der Waals surface area contributed by atoms with Crippen molar-refractivity contribution >= 4 is 39.8 Å². The molecule has 0 aliphatic rings. The molecule has 0 bridgehead atoms. The second-order valence-corrected chi connectivity index (χ2v) is 6.02. The Kier molecular flexibility index (Phi) is 3.62. The number of aromatic nitrogens is 3. The molecule has 1 N–H and O–H groups in total. The van der Waals surface area contributed by atoms with Crippen molar-refractivity contribution in [2.75, 3.05) is 0 Å². The number of rotatable bonds is 2. The Hall–Kier alpha value is -2.99. The summed E-state index contributed by atoms with van der Waals surface area (Å²) in [6.07, 6.45) is 1.30. The fourth-order valence-corrected chi connectivity index (χ4v) is 2.89. The van der Waals surface area contributed by atoms with Gasteiger partial charge in [-0.25, -0.2) is 9.37 Å². The molecule has 0 aliphatic heterocycles. The highest BCUT2D eigenvalue weighted by Crippen LogP contribution is 2.25. The lowest BCUT2D eigenvalue weighted by Crippen LogP contribution is -2.20. The lowest BCUT2D eigenvalue weighted by atomic mass is 10.2. The third-order valence-corrected chi connectivity index (χ3v) is 4.17. The molecule has 0 radical (unpaired) electrons. The van der Waals surface area contributed by atoms with Crippen LogP contribution in [0.2, 0.25) is 5.02 Å². The first-order valence-corrected chi connectivity index (χ1v) is 7.92. The Morgan fingerprint density at radius 3 is 2.88 bits per heavy atom. The third-order valence-electron chi connectivity index (χ3n) is 3.94. The topological polar surface area (TPSA) is 63.0 Å². The van der Waals surface area contributed by atoms with Crippen LogP contribution < -0.4 is 5.56 Å². The SMILES string of the molecule is Cc1nc2c([nH]c3ccc(Cl)cc32)c(=O)n1/N=C/c1ccccc1F. The van der Waals surface area contributed by atoms with Crippen LogP contribution in [0.1, 0.15) is 11.4 Å². The van der Waals surface area contributed by atoms with Crippen LogP contribution in [0.3, 0.4) is 0 Å². The third kappa shape index (κ3) is 2.60. The second-order valence-electron chi connectivity index (χ2n) is 5.58. The molecule has 0 spiro atoms. The van der Waals surface area contributed by atoms with E-state index in [1.165, 1.54) is 12.3 Å². The Labute approximate surface area is 146 Å². The molecular weight excluding hydrogens is 343 g/mol. The summed E-state index contributed by atoms with van der Waals surface area (Å²) in [5.74, 6) is -0.0165. The smallest absolute Gasteiger partial charge is 0.298 e. The maximum Gasteiger partial charge on any atom is 0.298 e. The molecule has 0 saturated heterocycles. The molecule has 0 saturated carbocycles. The van der Waals surface area contributed by atoms with E-state index in [1.54, 1.807) is 43.3 Å². The molecule has 4 rings (SSSR count). The van der Waals surface area contributed by atoms with Gasteiger partial charge in [0.2, 0.25) is 0 Å². The van der Waals surface area contributed by atoms with Crippen molar-refractivity contribution in [1.29, 1.82) is 0 Å². The van der Waals surface area contributed by atoms with E-state index in [0.717, 1.165) is 15.6 Å². The molecule has 4 aromatic rings. The number of hydrogen-bond donors (Lipinski definition) is 1. The first kappa shape index (κ1) is 15.5. The molecule has 124 valence electrons. The van der Waals surface area contributed by atoms with E-state index in [-0.39, 0.29) is 11.1 Å². The van der Waals surface area contributed by atoms with Gasteiger partial charge in [-0.15, -0.1) is 0 Å². The number of benzene rings is 2. The summed E-state index contributed by atoms with van der Waals surface area (Å²) >= 11 is 6.04. The number of halogens is 2. The van der Waals surface area contributed by atoms with Gasteiger partial charge in [0.15, 0.2) is 0 Å². The Bertz CT molecular complexity index is 1210. The highest BCUT2D eigenvalue weighted by Gasteiger charge is 2.13. The van der Waals surface area contributed by atoms with Crippen molar-refractivity contribution in [3.8, 4) is 0 Å². The van der Waals surface area contributed by atoms with Crippen LogP contribution in [-0.4, -0.2) is 20.9 Å². The number of aryl methyl sites for hydroxylation is 1. The minimum Gasteiger partial charge on any atom is -0.349 e. The fourth-order valence-electron chi connectivity index (χ4n) is 2.72. The van der Waals surface area contributed by atoms with E-state index in [4.69, 9.17) is 11.6 Å². The highest BCUT2D eigenvalue weighted by atomic mass is 35.5. The predicted molar refractivity (Wildman–Crippen MR) is 97.0 cm³/mol. The van der Waals surface area contributed by atoms with E-state index in [2.05, 4.69) is 15.1 Å². The molecule has 0 aliphatic carbocycles. The van der Waals surface area contributed by atoms with Crippen molar-refractivity contribution in [3.05, 3.63) is 75.0 Å². The zero-order valence-electron chi connectivity index (χ0n) is 13.1. The quantitative estimate of drug-likeness (QED) is 0.555. The zero-order valence-corrected chi connectivity index (χ0v) is 13.9. The molecule has 0 fully saturated rings. The summed E-state index contributed by atoms with van der Waals surface area (Å²) < 4.78 is 14.9. The molecule has 2 heterocycles. The Morgan fingerprint density at radius 2 is 2.08 bits per heavy atom. The molecule has 2 aromatic heterocycles. The van der Waals surface area contributed by atoms with Gasteiger partial charge in [-0.2, -0.15) is 9.78 Å². The monoisotopic (exact) mass is 354 g/mol. The summed E-state index contributed by atoms with van der Waals surface area (Å²) in [6.45, 7) is 1.67. The molecule has 7 heteroatoms. The number of nitrogens with one attached hydrogen (secondary N) is 1. The Morgan fingerprint density at radius 1 is 1.28 bits per heavy atom. The summed E-state index contributed by atoms with van der Waals surface area (Å²) in [5, 5.41) is 5.44. The van der Waals surface area contributed by atoms with Crippen molar-refractivity contribution in [2.45, 2.75) is 6.92 Å². The first-order chi connectivity index (χ1) is 12.0. The van der Waals surface area contributed by atoms with Crippen molar-refractivity contribution < 1.29 is 4.39 Å². The van der Waals surface area contributed by atoms with Gasteiger partial charge in [-0.3, -0.25) is 4.79 Å². The minimum atomic E-state index is -0.411. The van der Waals surface area contributed by atoms with Crippen LogP contribution in [-0.2, 0) is 0 Å². The number of hydrogen-bond acceptors (Lipinski definition) is 3. The van der Waals surface area contributed by atoms with Gasteiger partial charge in [-0.1, -0.05) is 29.8 Å². The van der Waals surface area contributed by atoms with Gasteiger partial charge < -0.3 is 4.98 Å². The minimum absolute atomic E-state index is 0.289. The fraction of sp³-hybridized carbons (Fsp3) is 0.0556. The molecule has 0 amide bonds. The maximum atomic E-state index is 13.7. The number of nitrogens with zero attached hydrogens (tertiary/aromatic N) is 3. The molecule has 5 nitrogen and oxygen atoms in total. The first-order valence-electron chi connectivity index (χ1n) is 7.54. The van der Waals surface area contributed by atoms with Gasteiger partial charge in [0.1, 0.15) is 22.7 Å². The molecule has 25 heavy (non-hydrogen) atoms. The number of H-pyrrole nitrogens is 1. The van der Waals surface area contributed by atoms with Crippen molar-refractivity contribution in [3.63, 3.8) is 0 Å². The molecule has 0 unspecified atom stereocenters. The normalized spacial score (nSPS) is 11.8. The summed E-state index contributed by atoms with van der Waals surface area (Å²) in [4.78, 5) is 20.3. The van der Waals surface area contributed by atoms with Gasteiger partial charge in [0, 0.05) is 21.5 Å². The summed E-state index contributed by atoms with van der Waals surface area (Å²) in [5.41, 5.74) is 1.56. The lowest BCUT2D eigenvalue weighted by molar-refractivity contribution is 0.625. The van der Waals surface area contributed by atoms with Crippen LogP contribution in [0, 0.1) is 12.7 Å². The highest BCUT2D eigenvalue weighted by molar-refractivity contribution is 6.31. The van der Waals surface area contributed by atoms with Gasteiger partial charge in [0.25, 0.3) is 5.56 Å². The molecule has 0 atom stereocenters. The summed E-state index contributed by atoms with van der Waals surface area (Å²) in [7, 11) is 0. The standard InChI is InChI=1S/C18H12ClFN4O/c1-10-22-16-13-8-12(19)6-7-15(13)23-17(16)18(25)24(10)21-9-11-4-2-3-5-14(11)20/h2-9,23H,1H3/b21-9+. The zero-order chi connectivity index (χ0) is 17.6. The van der Waals surface area contributed by atoms with Gasteiger partial charge >= 0.3 is 0 Å². The predicted octanol–water partition coefficient (Wildman–Crippen LogP) is 3.86. The van der Waals surface area contributed by atoms with Crippen LogP contribution in [0.4, 0.5) is 4.39 Å². The molecule has 2 aromatic carbocycles. The summed E-state index contributed by atoms with van der Waals surface area (Å²) in [6, 6.07) is 11.5. The van der Waals surface area contributed by atoms with Crippen LogP contribution in [0.5, 0.6) is 0 Å². The largest absolute Gasteiger partial charge is 0.349 e. The van der Waals surface area contributed by atoms with Crippen LogP contribution in [0.25, 0.3) is 21.9 Å². The number of fused-ring (bicyclic) bond motifs is 3. The van der Waals surface area contributed by atoms with E-state index in [1.807, 2.05) is 0 Å². The maximum absolute atomic E-state index is 13.7.